The molecule has 10 heteroatoms. The summed E-state index contributed by atoms with van der Waals surface area (Å²) in [5, 5.41) is 2.76. The Labute approximate surface area is 194 Å². The number of nitrogens with zero attached hydrogens (tertiary/aromatic N) is 1. The summed E-state index contributed by atoms with van der Waals surface area (Å²) in [5.41, 5.74) is 1.49. The highest BCUT2D eigenvalue weighted by Crippen LogP contribution is 2.23. The van der Waals surface area contributed by atoms with E-state index in [1.807, 2.05) is 0 Å². The molecule has 1 aliphatic heterocycles. The Hall–Kier alpha value is -2.53. The Balaban J connectivity index is 1.29. The molecule has 0 aromatic heterocycles. The number of sulfonamides is 2. The molecular formula is C23H27N3O5S2. The normalized spacial score (nSPS) is 17.5. The van der Waals surface area contributed by atoms with E-state index in [2.05, 4.69) is 10.0 Å². The molecule has 176 valence electrons. The molecule has 1 heterocycles. The SMILES string of the molecule is O=C(/C=C/c1ccc(S(=O)(=O)NC2CC2)cc1)NCc1ccc(S(=O)(=O)N2CCCC2)cc1. The Morgan fingerprint density at radius 3 is 2.12 bits per heavy atom. The average Bonchev–Trinajstić information content (AvgIpc) is 3.42. The van der Waals surface area contributed by atoms with Crippen molar-refractivity contribution in [1.82, 2.24) is 14.3 Å². The van der Waals surface area contributed by atoms with Gasteiger partial charge in [0.25, 0.3) is 0 Å². The first-order valence-corrected chi connectivity index (χ1v) is 13.8. The van der Waals surface area contributed by atoms with Crippen molar-refractivity contribution in [2.24, 2.45) is 0 Å². The van der Waals surface area contributed by atoms with Crippen LogP contribution >= 0.6 is 0 Å². The third-order valence-electron chi connectivity index (χ3n) is 5.61. The Morgan fingerprint density at radius 2 is 1.52 bits per heavy atom. The van der Waals surface area contributed by atoms with Crippen LogP contribution < -0.4 is 10.0 Å². The van der Waals surface area contributed by atoms with Gasteiger partial charge in [0, 0.05) is 31.8 Å². The second kappa shape index (κ2) is 9.76. The zero-order valence-corrected chi connectivity index (χ0v) is 19.7. The summed E-state index contributed by atoms with van der Waals surface area (Å²) < 4.78 is 53.7. The molecule has 0 spiro atoms. The van der Waals surface area contributed by atoms with Crippen LogP contribution in [0.1, 0.15) is 36.8 Å². The lowest BCUT2D eigenvalue weighted by molar-refractivity contribution is -0.116. The number of nitrogens with one attached hydrogen (secondary N) is 2. The Kier molecular flexibility index (Phi) is 6.99. The van der Waals surface area contributed by atoms with Gasteiger partial charge in [-0.25, -0.2) is 21.6 Å². The fraction of sp³-hybridized carbons (Fsp3) is 0.348. The van der Waals surface area contributed by atoms with Crippen LogP contribution in [0, 0.1) is 0 Å². The topological polar surface area (TPSA) is 113 Å². The fourth-order valence-corrected chi connectivity index (χ4v) is 6.35. The fourth-order valence-electron chi connectivity index (χ4n) is 3.52. The highest BCUT2D eigenvalue weighted by atomic mass is 32.2. The number of carbonyl (C=O) groups excluding carboxylic acids is 1. The van der Waals surface area contributed by atoms with Crippen molar-refractivity contribution < 1.29 is 21.6 Å². The first-order chi connectivity index (χ1) is 15.7. The van der Waals surface area contributed by atoms with E-state index in [0.717, 1.165) is 31.2 Å². The van der Waals surface area contributed by atoms with Gasteiger partial charge in [-0.05, 0) is 67.2 Å². The Morgan fingerprint density at radius 1 is 0.909 bits per heavy atom. The maximum atomic E-state index is 12.6. The summed E-state index contributed by atoms with van der Waals surface area (Å²) in [6.45, 7) is 1.38. The first-order valence-electron chi connectivity index (χ1n) is 10.9. The molecule has 1 saturated carbocycles. The van der Waals surface area contributed by atoms with Gasteiger partial charge in [-0.2, -0.15) is 4.31 Å². The van der Waals surface area contributed by atoms with E-state index in [0.29, 0.717) is 18.7 Å². The lowest BCUT2D eigenvalue weighted by Crippen LogP contribution is -2.27. The van der Waals surface area contributed by atoms with Gasteiger partial charge in [-0.3, -0.25) is 4.79 Å². The van der Waals surface area contributed by atoms with Crippen molar-refractivity contribution in [2.45, 2.75) is 48.1 Å². The summed E-state index contributed by atoms with van der Waals surface area (Å²) in [7, 11) is -6.94. The van der Waals surface area contributed by atoms with E-state index in [1.165, 1.54) is 22.5 Å². The lowest BCUT2D eigenvalue weighted by atomic mass is 10.2. The monoisotopic (exact) mass is 489 g/mol. The van der Waals surface area contributed by atoms with Crippen LogP contribution in [-0.4, -0.2) is 46.2 Å². The van der Waals surface area contributed by atoms with Gasteiger partial charge in [-0.15, -0.1) is 0 Å². The molecule has 0 bridgehead atoms. The molecule has 8 nitrogen and oxygen atoms in total. The molecule has 1 saturated heterocycles. The van der Waals surface area contributed by atoms with Crippen molar-refractivity contribution in [3.63, 3.8) is 0 Å². The van der Waals surface area contributed by atoms with Crippen LogP contribution in [0.5, 0.6) is 0 Å². The number of amides is 1. The standard InChI is InChI=1S/C23H27N3O5S2/c27-23(14-7-18-3-10-21(11-4-18)32(28,29)25-20-8-9-20)24-17-19-5-12-22(13-6-19)33(30,31)26-15-1-2-16-26/h3-7,10-14,20,25H,1-2,8-9,15-17H2,(H,24,27)/b14-7+. The van der Waals surface area contributed by atoms with Gasteiger partial charge in [0.05, 0.1) is 9.79 Å². The van der Waals surface area contributed by atoms with Crippen LogP contribution in [0.2, 0.25) is 0 Å². The minimum absolute atomic E-state index is 0.0453. The molecular weight excluding hydrogens is 462 g/mol. The molecule has 33 heavy (non-hydrogen) atoms. The molecule has 2 fully saturated rings. The van der Waals surface area contributed by atoms with Crippen molar-refractivity contribution >= 4 is 32.0 Å². The second-order valence-electron chi connectivity index (χ2n) is 8.27. The maximum absolute atomic E-state index is 12.6. The second-order valence-corrected chi connectivity index (χ2v) is 11.9. The van der Waals surface area contributed by atoms with E-state index >= 15 is 0 Å². The Bertz CT molecular complexity index is 1230. The number of hydrogen-bond donors (Lipinski definition) is 2. The summed E-state index contributed by atoms with van der Waals surface area (Å²) in [4.78, 5) is 12.6. The molecule has 4 rings (SSSR count). The number of carbonyl (C=O) groups is 1. The van der Waals surface area contributed by atoms with Gasteiger partial charge in [0.15, 0.2) is 0 Å². The number of benzene rings is 2. The van der Waals surface area contributed by atoms with Gasteiger partial charge in [0.2, 0.25) is 26.0 Å². The summed E-state index contributed by atoms with van der Waals surface area (Å²) in [6, 6.07) is 12.9. The van der Waals surface area contributed by atoms with E-state index in [9.17, 15) is 21.6 Å². The van der Waals surface area contributed by atoms with E-state index in [1.54, 1.807) is 42.5 Å². The predicted molar refractivity (Wildman–Crippen MR) is 125 cm³/mol. The van der Waals surface area contributed by atoms with Gasteiger partial charge in [-0.1, -0.05) is 24.3 Å². The van der Waals surface area contributed by atoms with E-state index in [-0.39, 0.29) is 28.3 Å². The van der Waals surface area contributed by atoms with E-state index < -0.39 is 20.0 Å². The minimum Gasteiger partial charge on any atom is -0.348 e. The lowest BCUT2D eigenvalue weighted by Gasteiger charge is -2.15. The largest absolute Gasteiger partial charge is 0.348 e. The number of hydrogen-bond acceptors (Lipinski definition) is 5. The van der Waals surface area contributed by atoms with Gasteiger partial charge < -0.3 is 5.32 Å². The first kappa shape index (κ1) is 23.6. The van der Waals surface area contributed by atoms with Crippen molar-refractivity contribution in [1.29, 1.82) is 0 Å². The van der Waals surface area contributed by atoms with Gasteiger partial charge >= 0.3 is 0 Å². The number of rotatable bonds is 9. The van der Waals surface area contributed by atoms with E-state index in [4.69, 9.17) is 0 Å². The molecule has 1 aliphatic carbocycles. The average molecular weight is 490 g/mol. The third kappa shape index (κ3) is 6.08. The summed E-state index contributed by atoms with van der Waals surface area (Å²) >= 11 is 0. The zero-order chi connectivity index (χ0) is 23.5. The predicted octanol–water partition coefficient (Wildman–Crippen LogP) is 2.24. The van der Waals surface area contributed by atoms with Gasteiger partial charge in [0.1, 0.15) is 0 Å². The van der Waals surface area contributed by atoms with Crippen LogP contribution in [0.3, 0.4) is 0 Å². The van der Waals surface area contributed by atoms with Crippen LogP contribution in [0.25, 0.3) is 6.08 Å². The maximum Gasteiger partial charge on any atom is 0.244 e. The quantitative estimate of drug-likeness (QED) is 0.525. The van der Waals surface area contributed by atoms with Crippen molar-refractivity contribution in [3.05, 3.63) is 65.7 Å². The minimum atomic E-state index is -3.50. The molecule has 0 atom stereocenters. The highest BCUT2D eigenvalue weighted by Gasteiger charge is 2.28. The van der Waals surface area contributed by atoms with Crippen LogP contribution in [0.15, 0.2) is 64.4 Å². The zero-order valence-electron chi connectivity index (χ0n) is 18.1. The molecule has 2 aliphatic rings. The molecule has 2 aromatic rings. The molecule has 2 aromatic carbocycles. The molecule has 2 N–H and O–H groups in total. The van der Waals surface area contributed by atoms with Crippen molar-refractivity contribution in [3.8, 4) is 0 Å². The van der Waals surface area contributed by atoms with Crippen LogP contribution in [-0.2, 0) is 31.4 Å². The molecule has 1 amide bonds. The van der Waals surface area contributed by atoms with Crippen LogP contribution in [0.4, 0.5) is 0 Å². The third-order valence-corrected chi connectivity index (χ3v) is 9.06. The molecule has 0 unspecified atom stereocenters. The smallest absolute Gasteiger partial charge is 0.244 e. The molecule has 0 radical (unpaired) electrons. The van der Waals surface area contributed by atoms with Crippen molar-refractivity contribution in [2.75, 3.05) is 13.1 Å². The highest BCUT2D eigenvalue weighted by molar-refractivity contribution is 7.89. The summed E-state index contributed by atoms with van der Waals surface area (Å²) in [5.74, 6) is -0.309. The summed E-state index contributed by atoms with van der Waals surface area (Å²) in [6.07, 6.45) is 6.49.